The van der Waals surface area contributed by atoms with Crippen LogP contribution in [0.15, 0.2) is 76.0 Å². The van der Waals surface area contributed by atoms with Crippen molar-refractivity contribution in [1.82, 2.24) is 0 Å². The van der Waals surface area contributed by atoms with Gasteiger partial charge in [0.1, 0.15) is 34.0 Å². The first-order valence-corrected chi connectivity index (χ1v) is 9.71. The second-order valence-electron chi connectivity index (χ2n) is 7.02. The Balaban J connectivity index is 1.62. The van der Waals surface area contributed by atoms with Gasteiger partial charge in [0.05, 0.1) is 7.11 Å². The zero-order chi connectivity index (χ0) is 23.5. The zero-order valence-electron chi connectivity index (χ0n) is 17.3. The Kier molecular flexibility index (Phi) is 5.73. The fourth-order valence-corrected chi connectivity index (χ4v) is 3.16. The number of aromatic hydroxyl groups is 3. The van der Waals surface area contributed by atoms with E-state index in [4.69, 9.17) is 13.9 Å². The van der Waals surface area contributed by atoms with Crippen LogP contribution in [0.2, 0.25) is 0 Å². The minimum atomic E-state index is -0.769. The van der Waals surface area contributed by atoms with Crippen molar-refractivity contribution in [3.05, 3.63) is 82.5 Å². The molecule has 3 N–H and O–H groups in total. The molecule has 0 aliphatic carbocycles. The topological polar surface area (TPSA) is 126 Å². The van der Waals surface area contributed by atoms with E-state index in [1.54, 1.807) is 31.4 Å². The Bertz CT molecular complexity index is 1430. The number of hydrogen-bond acceptors (Lipinski definition) is 8. The van der Waals surface area contributed by atoms with E-state index in [1.807, 2.05) is 0 Å². The largest absolute Gasteiger partial charge is 0.507 e. The molecule has 0 amide bonds. The average Bonchev–Trinajstić information content (AvgIpc) is 2.79. The molecule has 8 nitrogen and oxygen atoms in total. The van der Waals surface area contributed by atoms with Crippen LogP contribution in [0.3, 0.4) is 0 Å². The summed E-state index contributed by atoms with van der Waals surface area (Å²) in [6.07, 6.45) is 2.49. The molecule has 1 aromatic heterocycles. The maximum Gasteiger partial charge on any atom is 0.336 e. The third kappa shape index (κ3) is 4.64. The summed E-state index contributed by atoms with van der Waals surface area (Å²) in [6.45, 7) is 0. The molecule has 0 atom stereocenters. The molecule has 0 unspecified atom stereocenters. The van der Waals surface area contributed by atoms with Crippen LogP contribution in [-0.2, 0) is 4.79 Å². The molecule has 0 aliphatic rings. The Morgan fingerprint density at radius 2 is 1.64 bits per heavy atom. The van der Waals surface area contributed by atoms with Gasteiger partial charge in [0, 0.05) is 29.8 Å². The van der Waals surface area contributed by atoms with E-state index in [0.29, 0.717) is 16.9 Å². The van der Waals surface area contributed by atoms with E-state index in [9.17, 15) is 24.9 Å². The molecule has 4 rings (SSSR count). The van der Waals surface area contributed by atoms with Crippen LogP contribution in [-0.4, -0.2) is 28.4 Å². The molecule has 3 aromatic carbocycles. The molecular formula is C25H18O8. The van der Waals surface area contributed by atoms with Gasteiger partial charge in [0.2, 0.25) is 0 Å². The number of hydrogen-bond donors (Lipinski definition) is 3. The molecule has 1 heterocycles. The third-order valence-corrected chi connectivity index (χ3v) is 4.79. The van der Waals surface area contributed by atoms with Crippen LogP contribution >= 0.6 is 0 Å². The second kappa shape index (κ2) is 8.80. The number of carbonyl (C=O) groups excluding carboxylic acids is 1. The lowest BCUT2D eigenvalue weighted by Crippen LogP contribution is -2.05. The highest BCUT2D eigenvalue weighted by Gasteiger charge is 2.14. The molecule has 0 radical (unpaired) electrons. The summed E-state index contributed by atoms with van der Waals surface area (Å²) < 4.78 is 16.1. The van der Waals surface area contributed by atoms with E-state index in [2.05, 4.69) is 0 Å². The fourth-order valence-electron chi connectivity index (χ4n) is 3.16. The average molecular weight is 446 g/mol. The molecule has 0 fully saturated rings. The molecule has 33 heavy (non-hydrogen) atoms. The van der Waals surface area contributed by atoms with Gasteiger partial charge in [-0.05, 0) is 48.0 Å². The summed E-state index contributed by atoms with van der Waals surface area (Å²) in [6, 6.07) is 14.7. The lowest BCUT2D eigenvalue weighted by atomic mass is 10.1. The molecule has 0 saturated heterocycles. The Hall–Kier alpha value is -4.72. The van der Waals surface area contributed by atoms with Crippen LogP contribution in [0.25, 0.3) is 28.4 Å². The van der Waals surface area contributed by atoms with E-state index >= 15 is 0 Å². The highest BCUT2D eigenvalue weighted by atomic mass is 16.5. The van der Waals surface area contributed by atoms with Crippen LogP contribution in [0.1, 0.15) is 5.56 Å². The first kappa shape index (κ1) is 21.5. The Morgan fingerprint density at radius 1 is 0.879 bits per heavy atom. The lowest BCUT2D eigenvalue weighted by molar-refractivity contribution is -0.128. The van der Waals surface area contributed by atoms with E-state index < -0.39 is 17.1 Å². The van der Waals surface area contributed by atoms with Crippen LogP contribution in [0, 0.1) is 0 Å². The fraction of sp³-hybridized carbons (Fsp3) is 0.0400. The summed E-state index contributed by atoms with van der Waals surface area (Å²) in [5, 5.41) is 29.1. The van der Waals surface area contributed by atoms with Crippen LogP contribution in [0.5, 0.6) is 28.7 Å². The smallest absolute Gasteiger partial charge is 0.336 e. The molecule has 0 spiro atoms. The van der Waals surface area contributed by atoms with Crippen molar-refractivity contribution in [2.24, 2.45) is 0 Å². The quantitative estimate of drug-likeness (QED) is 0.180. The number of methoxy groups -OCH3 is 1. The summed E-state index contributed by atoms with van der Waals surface area (Å²) in [4.78, 5) is 24.8. The molecule has 166 valence electrons. The Labute approximate surface area is 187 Å². The number of phenolic OH excluding ortho intramolecular Hbond substituents is 3. The minimum Gasteiger partial charge on any atom is -0.507 e. The predicted molar refractivity (Wildman–Crippen MR) is 121 cm³/mol. The minimum absolute atomic E-state index is 0.0294. The molecule has 0 bridgehead atoms. The van der Waals surface area contributed by atoms with Gasteiger partial charge in [-0.1, -0.05) is 6.07 Å². The summed E-state index contributed by atoms with van der Waals surface area (Å²) in [5.74, 6) is -0.884. The SMILES string of the molecule is COc1ccc(-c2cc(=O)c3c(O)cc(OC(=O)/C=C/c4ccc(O)c(O)c4)cc3o2)cc1. The lowest BCUT2D eigenvalue weighted by Gasteiger charge is -2.08. The highest BCUT2D eigenvalue weighted by molar-refractivity contribution is 5.91. The zero-order valence-corrected chi connectivity index (χ0v) is 17.3. The van der Waals surface area contributed by atoms with Crippen molar-refractivity contribution in [2.75, 3.05) is 7.11 Å². The monoisotopic (exact) mass is 446 g/mol. The normalized spacial score (nSPS) is 11.1. The number of rotatable bonds is 5. The first-order valence-electron chi connectivity index (χ1n) is 9.71. The van der Waals surface area contributed by atoms with Gasteiger partial charge in [-0.25, -0.2) is 4.79 Å². The predicted octanol–water partition coefficient (Wildman–Crippen LogP) is 4.20. The molecule has 0 aliphatic heterocycles. The van der Waals surface area contributed by atoms with Crippen molar-refractivity contribution in [3.8, 4) is 40.1 Å². The summed E-state index contributed by atoms with van der Waals surface area (Å²) >= 11 is 0. The maximum absolute atomic E-state index is 12.6. The molecule has 8 heteroatoms. The number of carbonyl (C=O) groups is 1. The standard InChI is InChI=1S/C25H18O8/c1-31-16-6-4-15(5-7-16)22-13-21(29)25-20(28)11-17(12-23(25)33-22)32-24(30)9-3-14-2-8-18(26)19(27)10-14/h2-13,26-28H,1H3/b9-3+. The van der Waals surface area contributed by atoms with Gasteiger partial charge in [-0.2, -0.15) is 0 Å². The van der Waals surface area contributed by atoms with Crippen LogP contribution in [0.4, 0.5) is 0 Å². The molecular weight excluding hydrogens is 428 g/mol. The van der Waals surface area contributed by atoms with Gasteiger partial charge in [-0.3, -0.25) is 4.79 Å². The highest BCUT2D eigenvalue weighted by Crippen LogP contribution is 2.32. The molecule has 0 saturated carbocycles. The molecule has 4 aromatic rings. The van der Waals surface area contributed by atoms with Crippen LogP contribution < -0.4 is 14.9 Å². The first-order chi connectivity index (χ1) is 15.8. The third-order valence-electron chi connectivity index (χ3n) is 4.79. The van der Waals surface area contributed by atoms with Gasteiger partial charge in [-0.15, -0.1) is 0 Å². The summed E-state index contributed by atoms with van der Waals surface area (Å²) in [5.41, 5.74) is 0.670. The number of ether oxygens (including phenoxy) is 2. The Morgan fingerprint density at radius 3 is 2.33 bits per heavy atom. The van der Waals surface area contributed by atoms with E-state index in [-0.39, 0.29) is 34.0 Å². The second-order valence-corrected chi connectivity index (χ2v) is 7.02. The number of esters is 1. The van der Waals surface area contributed by atoms with Gasteiger partial charge in [0.25, 0.3) is 0 Å². The summed E-state index contributed by atoms with van der Waals surface area (Å²) in [7, 11) is 1.54. The van der Waals surface area contributed by atoms with Crippen molar-refractivity contribution in [1.29, 1.82) is 0 Å². The van der Waals surface area contributed by atoms with Crippen molar-refractivity contribution >= 4 is 23.0 Å². The van der Waals surface area contributed by atoms with Crippen molar-refractivity contribution < 1.29 is 34.0 Å². The van der Waals surface area contributed by atoms with E-state index in [0.717, 1.165) is 12.1 Å². The van der Waals surface area contributed by atoms with Gasteiger partial charge >= 0.3 is 5.97 Å². The van der Waals surface area contributed by atoms with Crippen molar-refractivity contribution in [2.45, 2.75) is 0 Å². The van der Waals surface area contributed by atoms with Crippen molar-refractivity contribution in [3.63, 3.8) is 0 Å². The number of fused-ring (bicyclic) bond motifs is 1. The maximum atomic E-state index is 12.6. The number of benzene rings is 3. The van der Waals surface area contributed by atoms with E-state index in [1.165, 1.54) is 36.4 Å². The van der Waals surface area contributed by atoms with Gasteiger partial charge in [0.15, 0.2) is 16.9 Å². The van der Waals surface area contributed by atoms with Gasteiger partial charge < -0.3 is 29.2 Å². The number of phenols is 3.